The smallest absolute Gasteiger partial charge is 0.164 e. The second-order valence-electron chi connectivity index (χ2n) is 13.6. The highest BCUT2D eigenvalue weighted by molar-refractivity contribution is 6.25. The summed E-state index contributed by atoms with van der Waals surface area (Å²) in [6.07, 6.45) is 0. The van der Waals surface area contributed by atoms with Gasteiger partial charge >= 0.3 is 0 Å². The average molecular weight is 692 g/mol. The Morgan fingerprint density at radius 2 is 0.852 bits per heavy atom. The molecule has 0 N–H and O–H groups in total. The summed E-state index contributed by atoms with van der Waals surface area (Å²) in [7, 11) is 0. The predicted molar refractivity (Wildman–Crippen MR) is 219 cm³/mol. The van der Waals surface area contributed by atoms with Gasteiger partial charge in [0.25, 0.3) is 0 Å². The standard InChI is InChI=1S/C49H29N3O2/c1-3-12-30(13-4-1)31-22-24-33(25-23-31)48-50-47(32-14-5-2-6-15-32)51-49(52-48)35-26-27-38-42(29-35)54-41-21-11-19-39(44(38)41)45-36-17-8-7-16-34(36)28-43-46(45)37-18-9-10-20-40(37)53-43/h1-29H. The second kappa shape index (κ2) is 12.1. The number of hydrogen-bond acceptors (Lipinski definition) is 5. The van der Waals surface area contributed by atoms with Crippen LogP contribution in [-0.4, -0.2) is 15.0 Å². The minimum atomic E-state index is 0.578. The molecule has 3 heterocycles. The van der Waals surface area contributed by atoms with Gasteiger partial charge in [-0.15, -0.1) is 0 Å². The minimum absolute atomic E-state index is 0.578. The van der Waals surface area contributed by atoms with Crippen LogP contribution in [0.15, 0.2) is 185 Å². The van der Waals surface area contributed by atoms with E-state index < -0.39 is 0 Å². The maximum atomic E-state index is 6.66. The number of hydrogen-bond donors (Lipinski definition) is 0. The van der Waals surface area contributed by atoms with Gasteiger partial charge in [0.15, 0.2) is 17.5 Å². The van der Waals surface area contributed by atoms with Gasteiger partial charge in [0, 0.05) is 43.8 Å². The van der Waals surface area contributed by atoms with Crippen molar-refractivity contribution < 1.29 is 8.83 Å². The van der Waals surface area contributed by atoms with E-state index in [9.17, 15) is 0 Å². The van der Waals surface area contributed by atoms with E-state index in [1.807, 2.05) is 54.6 Å². The van der Waals surface area contributed by atoms with E-state index in [0.717, 1.165) is 93.6 Å². The summed E-state index contributed by atoms with van der Waals surface area (Å²) in [4.78, 5) is 15.0. The topological polar surface area (TPSA) is 65.0 Å². The molecule has 0 fully saturated rings. The molecule has 0 aliphatic carbocycles. The first-order chi connectivity index (χ1) is 26.7. The molecule has 252 valence electrons. The number of para-hydroxylation sites is 1. The van der Waals surface area contributed by atoms with Crippen LogP contribution in [0.25, 0.3) is 111 Å². The molecule has 0 bridgehead atoms. The first kappa shape index (κ1) is 30.3. The Morgan fingerprint density at radius 1 is 0.315 bits per heavy atom. The van der Waals surface area contributed by atoms with Crippen molar-refractivity contribution in [1.29, 1.82) is 0 Å². The summed E-state index contributed by atoms with van der Waals surface area (Å²) < 4.78 is 13.1. The van der Waals surface area contributed by atoms with Crippen LogP contribution in [0.2, 0.25) is 0 Å². The molecule has 5 heteroatoms. The largest absolute Gasteiger partial charge is 0.456 e. The normalized spacial score (nSPS) is 11.7. The van der Waals surface area contributed by atoms with Crippen LogP contribution in [-0.2, 0) is 0 Å². The highest BCUT2D eigenvalue weighted by Gasteiger charge is 2.21. The lowest BCUT2D eigenvalue weighted by Crippen LogP contribution is -2.00. The molecular formula is C49H29N3O2. The van der Waals surface area contributed by atoms with Gasteiger partial charge in [-0.1, -0.05) is 146 Å². The van der Waals surface area contributed by atoms with Crippen LogP contribution in [0.4, 0.5) is 0 Å². The maximum Gasteiger partial charge on any atom is 0.164 e. The summed E-state index contributed by atoms with van der Waals surface area (Å²) in [5.74, 6) is 1.80. The van der Waals surface area contributed by atoms with Gasteiger partial charge in [0.2, 0.25) is 0 Å². The van der Waals surface area contributed by atoms with Crippen LogP contribution >= 0.6 is 0 Å². The van der Waals surface area contributed by atoms with Crippen molar-refractivity contribution in [3.05, 3.63) is 176 Å². The molecule has 0 amide bonds. The summed E-state index contributed by atoms with van der Waals surface area (Å²) >= 11 is 0. The molecule has 3 aromatic heterocycles. The molecule has 0 aliphatic rings. The van der Waals surface area contributed by atoms with Gasteiger partial charge in [0.05, 0.1) is 0 Å². The van der Waals surface area contributed by atoms with E-state index in [2.05, 4.69) is 121 Å². The van der Waals surface area contributed by atoms with E-state index in [1.54, 1.807) is 0 Å². The Labute approximate surface area is 309 Å². The van der Waals surface area contributed by atoms with Crippen molar-refractivity contribution in [2.24, 2.45) is 0 Å². The number of nitrogens with zero attached hydrogens (tertiary/aromatic N) is 3. The molecule has 54 heavy (non-hydrogen) atoms. The van der Waals surface area contributed by atoms with Crippen LogP contribution in [0.5, 0.6) is 0 Å². The maximum absolute atomic E-state index is 6.66. The van der Waals surface area contributed by atoms with Crippen LogP contribution in [0.3, 0.4) is 0 Å². The van der Waals surface area contributed by atoms with E-state index in [0.29, 0.717) is 17.5 Å². The molecular weight excluding hydrogens is 663 g/mol. The van der Waals surface area contributed by atoms with Crippen molar-refractivity contribution in [1.82, 2.24) is 15.0 Å². The predicted octanol–water partition coefficient (Wildman–Crippen LogP) is 13.2. The molecule has 8 aromatic carbocycles. The number of furan rings is 2. The highest BCUT2D eigenvalue weighted by atomic mass is 16.3. The number of benzene rings is 8. The first-order valence-electron chi connectivity index (χ1n) is 18.0. The van der Waals surface area contributed by atoms with Crippen molar-refractivity contribution in [3.8, 4) is 56.4 Å². The summed E-state index contributed by atoms with van der Waals surface area (Å²) in [5, 5.41) is 6.56. The lowest BCUT2D eigenvalue weighted by Gasteiger charge is -2.11. The zero-order chi connectivity index (χ0) is 35.6. The zero-order valence-corrected chi connectivity index (χ0v) is 28.9. The van der Waals surface area contributed by atoms with Crippen LogP contribution in [0, 0.1) is 0 Å². The molecule has 5 nitrogen and oxygen atoms in total. The Morgan fingerprint density at radius 3 is 1.63 bits per heavy atom. The fourth-order valence-corrected chi connectivity index (χ4v) is 7.80. The van der Waals surface area contributed by atoms with Crippen molar-refractivity contribution in [3.63, 3.8) is 0 Å². The molecule has 0 unspecified atom stereocenters. The quantitative estimate of drug-likeness (QED) is 0.180. The molecule has 11 rings (SSSR count). The SMILES string of the molecule is c1ccc(-c2ccc(-c3nc(-c4ccccc4)nc(-c4ccc5c(c4)oc4cccc(-c6c7ccccc7cc7oc8ccccc8c67)c45)n3)cc2)cc1. The Bertz CT molecular complexity index is 3200. The van der Waals surface area contributed by atoms with Crippen molar-refractivity contribution in [2.45, 2.75) is 0 Å². The molecule has 0 aliphatic heterocycles. The number of aromatic nitrogens is 3. The number of rotatable bonds is 5. The lowest BCUT2D eigenvalue weighted by molar-refractivity contribution is 0.668. The van der Waals surface area contributed by atoms with Gasteiger partial charge in [-0.25, -0.2) is 15.0 Å². The fraction of sp³-hybridized carbons (Fsp3) is 0. The minimum Gasteiger partial charge on any atom is -0.456 e. The van der Waals surface area contributed by atoms with Gasteiger partial charge in [-0.3, -0.25) is 0 Å². The third-order valence-electron chi connectivity index (χ3n) is 10.3. The molecule has 0 saturated heterocycles. The molecule has 0 saturated carbocycles. The number of fused-ring (bicyclic) bond motifs is 7. The van der Waals surface area contributed by atoms with Gasteiger partial charge < -0.3 is 8.83 Å². The molecule has 0 spiro atoms. The molecule has 0 atom stereocenters. The zero-order valence-electron chi connectivity index (χ0n) is 28.9. The Hall–Kier alpha value is -7.37. The van der Waals surface area contributed by atoms with Gasteiger partial charge in [0.1, 0.15) is 22.3 Å². The van der Waals surface area contributed by atoms with Gasteiger partial charge in [-0.05, 0) is 57.8 Å². The highest BCUT2D eigenvalue weighted by Crippen LogP contribution is 2.46. The third kappa shape index (κ3) is 4.90. The Balaban J connectivity index is 1.09. The van der Waals surface area contributed by atoms with E-state index in [-0.39, 0.29) is 0 Å². The molecule has 0 radical (unpaired) electrons. The average Bonchev–Trinajstić information content (AvgIpc) is 3.81. The first-order valence-corrected chi connectivity index (χ1v) is 18.0. The lowest BCUT2D eigenvalue weighted by atomic mass is 9.90. The van der Waals surface area contributed by atoms with E-state index in [4.69, 9.17) is 23.8 Å². The monoisotopic (exact) mass is 691 g/mol. The Kier molecular flexibility index (Phi) is 6.79. The fourth-order valence-electron chi connectivity index (χ4n) is 7.80. The van der Waals surface area contributed by atoms with Crippen molar-refractivity contribution >= 4 is 54.6 Å². The van der Waals surface area contributed by atoms with E-state index >= 15 is 0 Å². The van der Waals surface area contributed by atoms with Crippen LogP contribution < -0.4 is 0 Å². The third-order valence-corrected chi connectivity index (χ3v) is 10.3. The summed E-state index contributed by atoms with van der Waals surface area (Å²) in [5.41, 5.74) is 10.5. The van der Waals surface area contributed by atoms with Crippen molar-refractivity contribution in [2.75, 3.05) is 0 Å². The summed E-state index contributed by atoms with van der Waals surface area (Å²) in [6, 6.07) is 60.3. The van der Waals surface area contributed by atoms with Gasteiger partial charge in [-0.2, -0.15) is 0 Å². The van der Waals surface area contributed by atoms with Crippen LogP contribution in [0.1, 0.15) is 0 Å². The summed E-state index contributed by atoms with van der Waals surface area (Å²) in [6.45, 7) is 0. The molecule has 11 aromatic rings. The van der Waals surface area contributed by atoms with E-state index in [1.165, 1.54) is 0 Å². The second-order valence-corrected chi connectivity index (χ2v) is 13.6.